The van der Waals surface area contributed by atoms with E-state index in [2.05, 4.69) is 20.1 Å². The first kappa shape index (κ1) is 20.2. The largest absolute Gasteiger partial charge is 0.480 e. The highest BCUT2D eigenvalue weighted by molar-refractivity contribution is 5.68. The van der Waals surface area contributed by atoms with E-state index in [4.69, 9.17) is 9.47 Å². The lowest BCUT2D eigenvalue weighted by Gasteiger charge is -2.10. The average Bonchev–Trinajstić information content (AvgIpc) is 3.10. The smallest absolute Gasteiger partial charge is 0.319 e. The summed E-state index contributed by atoms with van der Waals surface area (Å²) >= 11 is 0. The molecular weight excluding hydrogens is 430 g/mol. The van der Waals surface area contributed by atoms with Crippen molar-refractivity contribution in [1.29, 1.82) is 0 Å². The van der Waals surface area contributed by atoms with Crippen LogP contribution in [0.3, 0.4) is 0 Å². The Balaban J connectivity index is 1.64. The third kappa shape index (κ3) is 3.03. The Morgan fingerprint density at radius 3 is 2.53 bits per heavy atom. The first-order valence-electron chi connectivity index (χ1n) is 9.47. The number of ether oxygens (including phenoxy) is 2. The molecule has 1 fully saturated rings. The molecule has 1 aliphatic rings. The quantitative estimate of drug-likeness (QED) is 0.433. The van der Waals surface area contributed by atoms with Crippen molar-refractivity contribution in [3.8, 4) is 23.1 Å². The van der Waals surface area contributed by atoms with Crippen molar-refractivity contribution in [2.45, 2.75) is 17.8 Å². The Labute approximate surface area is 178 Å². The predicted molar refractivity (Wildman–Crippen MR) is 104 cm³/mol. The monoisotopic (exact) mass is 445 g/mol. The number of imidazole rings is 1. The summed E-state index contributed by atoms with van der Waals surface area (Å²) in [4.78, 5) is 12.3. The summed E-state index contributed by atoms with van der Waals surface area (Å²) in [6.45, 7) is 0. The molecule has 0 radical (unpaired) electrons. The van der Waals surface area contributed by atoms with Gasteiger partial charge in [0.15, 0.2) is 17.3 Å². The molecule has 0 amide bonds. The molecule has 0 N–H and O–H groups in total. The number of benzene rings is 1. The van der Waals surface area contributed by atoms with Crippen molar-refractivity contribution >= 4 is 5.65 Å². The number of halogens is 4. The Morgan fingerprint density at radius 1 is 1.00 bits per heavy atom. The second-order valence-corrected chi connectivity index (χ2v) is 7.26. The Bertz CT molecular complexity index is 1340. The van der Waals surface area contributed by atoms with Crippen LogP contribution < -0.4 is 9.47 Å². The van der Waals surface area contributed by atoms with Crippen LogP contribution in [0.15, 0.2) is 42.9 Å². The van der Waals surface area contributed by atoms with Gasteiger partial charge in [-0.15, -0.1) is 0 Å². The van der Waals surface area contributed by atoms with Crippen LogP contribution in [0, 0.1) is 11.6 Å². The molecule has 7 nitrogen and oxygen atoms in total. The molecule has 164 valence electrons. The SMILES string of the molecule is COc1ncc(-c2cc([C@@H]3[C@@H](c4ccc(F)c(F)c4)C3(F)F)c3nccn3n2)c(OC)n1. The lowest BCUT2D eigenvalue weighted by atomic mass is 10.0. The molecular formula is C21H15F4N5O2. The molecule has 1 saturated carbocycles. The molecule has 1 aliphatic carbocycles. The van der Waals surface area contributed by atoms with Crippen molar-refractivity contribution in [3.05, 3.63) is 65.6 Å². The lowest BCUT2D eigenvalue weighted by Crippen LogP contribution is -2.03. The van der Waals surface area contributed by atoms with Crippen LogP contribution >= 0.6 is 0 Å². The third-order valence-corrected chi connectivity index (χ3v) is 5.46. The fourth-order valence-corrected chi connectivity index (χ4v) is 3.92. The zero-order chi connectivity index (χ0) is 22.6. The van der Waals surface area contributed by atoms with Gasteiger partial charge in [0.2, 0.25) is 5.88 Å². The van der Waals surface area contributed by atoms with Crippen LogP contribution in [0.4, 0.5) is 17.6 Å². The number of fused-ring (bicyclic) bond motifs is 1. The lowest BCUT2D eigenvalue weighted by molar-refractivity contribution is 0.105. The molecule has 11 heteroatoms. The molecule has 4 aromatic rings. The summed E-state index contributed by atoms with van der Waals surface area (Å²) in [6.07, 6.45) is 4.37. The highest BCUT2D eigenvalue weighted by Crippen LogP contribution is 2.67. The van der Waals surface area contributed by atoms with E-state index in [9.17, 15) is 17.6 Å². The topological polar surface area (TPSA) is 74.4 Å². The summed E-state index contributed by atoms with van der Waals surface area (Å²) < 4.78 is 68.5. The highest BCUT2D eigenvalue weighted by Gasteiger charge is 2.70. The highest BCUT2D eigenvalue weighted by atomic mass is 19.3. The average molecular weight is 445 g/mol. The minimum Gasteiger partial charge on any atom is -0.480 e. The van der Waals surface area contributed by atoms with Crippen LogP contribution in [0.25, 0.3) is 16.9 Å². The van der Waals surface area contributed by atoms with Gasteiger partial charge in [0.25, 0.3) is 5.92 Å². The zero-order valence-electron chi connectivity index (χ0n) is 16.8. The molecule has 2 atom stereocenters. The fourth-order valence-electron chi connectivity index (χ4n) is 3.92. The first-order valence-corrected chi connectivity index (χ1v) is 9.47. The Morgan fingerprint density at radius 2 is 1.81 bits per heavy atom. The fraction of sp³-hybridized carbons (Fsp3) is 0.238. The number of nitrogens with zero attached hydrogens (tertiary/aromatic N) is 5. The number of hydrogen-bond acceptors (Lipinski definition) is 6. The minimum absolute atomic E-state index is 0.00679. The van der Waals surface area contributed by atoms with E-state index in [-0.39, 0.29) is 34.4 Å². The standard InChI is InChI=1S/C21H15F4N5O2/c1-31-19-12(9-27-20(28-19)32-2)15-8-11(18-26-5-6-30(18)29-15)17-16(21(17,24)25)10-3-4-13(22)14(23)7-10/h3-9,16-17H,1-2H3/t16-,17-/m1/s1. The minimum atomic E-state index is -3.18. The summed E-state index contributed by atoms with van der Waals surface area (Å²) in [6, 6.07) is 4.36. The molecule has 1 aromatic carbocycles. The van der Waals surface area contributed by atoms with Crippen LogP contribution in [0.1, 0.15) is 23.0 Å². The van der Waals surface area contributed by atoms with Gasteiger partial charge in [-0.3, -0.25) is 0 Å². The molecule has 32 heavy (non-hydrogen) atoms. The summed E-state index contributed by atoms with van der Waals surface area (Å²) in [5.41, 5.74) is 1.08. The second-order valence-electron chi connectivity index (χ2n) is 7.26. The second kappa shape index (κ2) is 7.14. The number of aromatic nitrogens is 5. The summed E-state index contributed by atoms with van der Waals surface area (Å²) in [5.74, 6) is -7.94. The third-order valence-electron chi connectivity index (χ3n) is 5.46. The van der Waals surface area contributed by atoms with Crippen molar-refractivity contribution in [1.82, 2.24) is 24.6 Å². The van der Waals surface area contributed by atoms with E-state index in [1.54, 1.807) is 0 Å². The normalized spacial score (nSPS) is 19.2. The van der Waals surface area contributed by atoms with E-state index < -0.39 is 29.4 Å². The van der Waals surface area contributed by atoms with Gasteiger partial charge < -0.3 is 9.47 Å². The van der Waals surface area contributed by atoms with E-state index >= 15 is 0 Å². The van der Waals surface area contributed by atoms with E-state index in [0.29, 0.717) is 5.56 Å². The maximum Gasteiger partial charge on any atom is 0.319 e. The van der Waals surface area contributed by atoms with E-state index in [1.807, 2.05) is 0 Å². The molecule has 0 saturated heterocycles. The number of rotatable bonds is 5. The molecule has 0 spiro atoms. The van der Waals surface area contributed by atoms with Crippen molar-refractivity contribution in [2.75, 3.05) is 14.2 Å². The van der Waals surface area contributed by atoms with Crippen LogP contribution in [-0.4, -0.2) is 44.7 Å². The van der Waals surface area contributed by atoms with Crippen LogP contribution in [0.2, 0.25) is 0 Å². The summed E-state index contributed by atoms with van der Waals surface area (Å²) in [7, 11) is 2.80. The van der Waals surface area contributed by atoms with E-state index in [1.165, 1.54) is 49.5 Å². The van der Waals surface area contributed by atoms with Gasteiger partial charge in [-0.25, -0.2) is 32.0 Å². The predicted octanol–water partition coefficient (Wildman–Crippen LogP) is 4.00. The van der Waals surface area contributed by atoms with Gasteiger partial charge in [-0.05, 0) is 23.8 Å². The molecule has 5 rings (SSSR count). The van der Waals surface area contributed by atoms with Gasteiger partial charge in [0.05, 0.1) is 37.3 Å². The Hall–Kier alpha value is -3.76. The first-order chi connectivity index (χ1) is 15.3. The van der Waals surface area contributed by atoms with Gasteiger partial charge in [0, 0.05) is 24.2 Å². The van der Waals surface area contributed by atoms with Crippen molar-refractivity contribution in [2.24, 2.45) is 0 Å². The van der Waals surface area contributed by atoms with Gasteiger partial charge in [-0.2, -0.15) is 10.1 Å². The molecule has 0 bridgehead atoms. The Kier molecular flexibility index (Phi) is 4.50. The number of hydrogen-bond donors (Lipinski definition) is 0. The number of alkyl halides is 2. The maximum absolute atomic E-state index is 14.9. The number of methoxy groups -OCH3 is 2. The van der Waals surface area contributed by atoms with E-state index in [0.717, 1.165) is 12.1 Å². The maximum atomic E-state index is 14.9. The van der Waals surface area contributed by atoms with Gasteiger partial charge in [0.1, 0.15) is 0 Å². The van der Waals surface area contributed by atoms with Gasteiger partial charge in [-0.1, -0.05) is 6.07 Å². The molecule has 0 unspecified atom stereocenters. The zero-order valence-corrected chi connectivity index (χ0v) is 16.8. The molecule has 0 aliphatic heterocycles. The van der Waals surface area contributed by atoms with Crippen LogP contribution in [0.5, 0.6) is 11.9 Å². The molecule has 3 heterocycles. The van der Waals surface area contributed by atoms with Gasteiger partial charge >= 0.3 is 6.01 Å². The summed E-state index contributed by atoms with van der Waals surface area (Å²) in [5, 5.41) is 4.41. The van der Waals surface area contributed by atoms with Crippen molar-refractivity contribution < 1.29 is 27.0 Å². The van der Waals surface area contributed by atoms with Crippen molar-refractivity contribution in [3.63, 3.8) is 0 Å². The molecule has 3 aromatic heterocycles. The van der Waals surface area contributed by atoms with Crippen LogP contribution in [-0.2, 0) is 0 Å².